The Kier molecular flexibility index (Phi) is 6.45. The fraction of sp³-hybridized carbons (Fsp3) is 0.524. The second kappa shape index (κ2) is 8.99. The maximum atomic E-state index is 13.0. The molecule has 1 saturated carbocycles. The molecule has 1 heterocycles. The number of hydrogen-bond donors (Lipinski definition) is 1. The average molecular weight is 356 g/mol. The molecule has 1 N–H and O–H groups in total. The van der Waals surface area contributed by atoms with Gasteiger partial charge in [-0.1, -0.05) is 43.2 Å². The molecule has 5 nitrogen and oxygen atoms in total. The standard InChI is InChI=1S/C21H28N2O3/c1-26-14-13-22-21(25)19-15-17-9-5-6-10-18(17)23(19)20(24)12-11-16-7-3-2-4-8-16/h2-4,7-8,11-12,17-19H,5-6,9-10,13-15H2,1H3,(H,22,25)/b12-11+. The summed E-state index contributed by atoms with van der Waals surface area (Å²) in [4.78, 5) is 27.5. The van der Waals surface area contributed by atoms with Crippen molar-refractivity contribution in [3.8, 4) is 0 Å². The van der Waals surface area contributed by atoms with Crippen LogP contribution < -0.4 is 5.32 Å². The maximum absolute atomic E-state index is 13.0. The number of hydrogen-bond acceptors (Lipinski definition) is 3. The lowest BCUT2D eigenvalue weighted by molar-refractivity contribution is -0.137. The Hall–Kier alpha value is -2.14. The number of benzene rings is 1. The highest BCUT2D eigenvalue weighted by Gasteiger charge is 2.46. The molecule has 1 aromatic carbocycles. The fourth-order valence-corrected chi connectivity index (χ4v) is 4.22. The second-order valence-electron chi connectivity index (χ2n) is 7.14. The molecule has 2 fully saturated rings. The van der Waals surface area contributed by atoms with Gasteiger partial charge in [-0.05, 0) is 36.8 Å². The molecule has 2 aliphatic rings. The van der Waals surface area contributed by atoms with Crippen molar-refractivity contribution in [2.24, 2.45) is 5.92 Å². The van der Waals surface area contributed by atoms with E-state index in [0.29, 0.717) is 19.1 Å². The number of likely N-dealkylation sites (tertiary alicyclic amines) is 1. The van der Waals surface area contributed by atoms with Crippen molar-refractivity contribution in [3.63, 3.8) is 0 Å². The molecule has 0 aromatic heterocycles. The summed E-state index contributed by atoms with van der Waals surface area (Å²) in [7, 11) is 1.61. The Bertz CT molecular complexity index is 644. The predicted octanol–water partition coefficient (Wildman–Crippen LogP) is 2.62. The zero-order valence-electron chi connectivity index (χ0n) is 15.4. The van der Waals surface area contributed by atoms with Crippen molar-refractivity contribution in [2.45, 2.75) is 44.2 Å². The summed E-state index contributed by atoms with van der Waals surface area (Å²) in [5.74, 6) is 0.323. The van der Waals surface area contributed by atoms with E-state index >= 15 is 0 Å². The van der Waals surface area contributed by atoms with Gasteiger partial charge in [0.25, 0.3) is 0 Å². The number of nitrogens with zero attached hydrogens (tertiary/aromatic N) is 1. The van der Waals surface area contributed by atoms with Crippen LogP contribution >= 0.6 is 0 Å². The number of ether oxygens (including phenoxy) is 1. The predicted molar refractivity (Wildman–Crippen MR) is 101 cm³/mol. The molecule has 3 rings (SSSR count). The van der Waals surface area contributed by atoms with Gasteiger partial charge < -0.3 is 15.0 Å². The SMILES string of the molecule is COCCNC(=O)C1CC2CCCCC2N1C(=O)/C=C/c1ccccc1. The van der Waals surface area contributed by atoms with Crippen LogP contribution in [-0.2, 0) is 14.3 Å². The van der Waals surface area contributed by atoms with Crippen molar-refractivity contribution in [1.29, 1.82) is 0 Å². The van der Waals surface area contributed by atoms with Crippen molar-refractivity contribution >= 4 is 17.9 Å². The minimum Gasteiger partial charge on any atom is -0.383 e. The zero-order chi connectivity index (χ0) is 18.4. The van der Waals surface area contributed by atoms with Gasteiger partial charge in [0.1, 0.15) is 6.04 Å². The topological polar surface area (TPSA) is 58.6 Å². The summed E-state index contributed by atoms with van der Waals surface area (Å²) < 4.78 is 5.00. The summed E-state index contributed by atoms with van der Waals surface area (Å²) in [6, 6.07) is 9.60. The van der Waals surface area contributed by atoms with E-state index < -0.39 is 0 Å². The van der Waals surface area contributed by atoms with Crippen molar-refractivity contribution in [3.05, 3.63) is 42.0 Å². The van der Waals surface area contributed by atoms with Crippen LogP contribution in [0.1, 0.15) is 37.7 Å². The van der Waals surface area contributed by atoms with E-state index in [9.17, 15) is 9.59 Å². The summed E-state index contributed by atoms with van der Waals surface area (Å²) in [5.41, 5.74) is 0.987. The first-order chi connectivity index (χ1) is 12.7. The monoisotopic (exact) mass is 356 g/mol. The number of nitrogens with one attached hydrogen (secondary N) is 1. The highest BCUT2D eigenvalue weighted by Crippen LogP contribution is 2.40. The molecule has 5 heteroatoms. The quantitative estimate of drug-likeness (QED) is 0.630. The van der Waals surface area contributed by atoms with Gasteiger partial charge in [0.15, 0.2) is 0 Å². The molecule has 140 valence electrons. The van der Waals surface area contributed by atoms with Crippen LogP contribution in [0.4, 0.5) is 0 Å². The number of carbonyl (C=O) groups is 2. The Balaban J connectivity index is 1.73. The minimum atomic E-state index is -0.368. The van der Waals surface area contributed by atoms with Crippen LogP contribution in [-0.4, -0.2) is 49.1 Å². The molecule has 1 aliphatic heterocycles. The van der Waals surface area contributed by atoms with E-state index in [4.69, 9.17) is 4.74 Å². The van der Waals surface area contributed by atoms with Crippen LogP contribution in [0.5, 0.6) is 0 Å². The highest BCUT2D eigenvalue weighted by molar-refractivity contribution is 5.96. The first kappa shape index (κ1) is 18.6. The molecular formula is C21H28N2O3. The lowest BCUT2D eigenvalue weighted by Crippen LogP contribution is -2.49. The van der Waals surface area contributed by atoms with Crippen LogP contribution in [0.15, 0.2) is 36.4 Å². The van der Waals surface area contributed by atoms with E-state index in [1.807, 2.05) is 41.3 Å². The Labute approximate surface area is 155 Å². The van der Waals surface area contributed by atoms with Gasteiger partial charge in [-0.2, -0.15) is 0 Å². The average Bonchev–Trinajstić information content (AvgIpc) is 3.07. The zero-order valence-corrected chi connectivity index (χ0v) is 15.4. The smallest absolute Gasteiger partial charge is 0.247 e. The van der Waals surface area contributed by atoms with E-state index in [0.717, 1.165) is 31.2 Å². The molecule has 0 spiro atoms. The number of fused-ring (bicyclic) bond motifs is 1. The minimum absolute atomic E-state index is 0.0575. The third-order valence-electron chi connectivity index (χ3n) is 5.47. The van der Waals surface area contributed by atoms with Crippen LogP contribution in [0.2, 0.25) is 0 Å². The molecule has 3 atom stereocenters. The molecule has 26 heavy (non-hydrogen) atoms. The van der Waals surface area contributed by atoms with Crippen molar-refractivity contribution in [1.82, 2.24) is 10.2 Å². The molecule has 0 bridgehead atoms. The molecule has 1 aliphatic carbocycles. The summed E-state index contributed by atoms with van der Waals surface area (Å²) >= 11 is 0. The van der Waals surface area contributed by atoms with E-state index in [1.54, 1.807) is 13.2 Å². The van der Waals surface area contributed by atoms with Crippen LogP contribution in [0.25, 0.3) is 6.08 Å². The largest absolute Gasteiger partial charge is 0.383 e. The van der Waals surface area contributed by atoms with Crippen LogP contribution in [0, 0.1) is 5.92 Å². The van der Waals surface area contributed by atoms with Crippen LogP contribution in [0.3, 0.4) is 0 Å². The Morgan fingerprint density at radius 2 is 2.00 bits per heavy atom. The Morgan fingerprint density at radius 1 is 1.23 bits per heavy atom. The van der Waals surface area contributed by atoms with Gasteiger partial charge in [-0.25, -0.2) is 0 Å². The van der Waals surface area contributed by atoms with Gasteiger partial charge in [0.05, 0.1) is 6.61 Å². The summed E-state index contributed by atoms with van der Waals surface area (Å²) in [5, 5.41) is 2.91. The number of amides is 2. The lowest BCUT2D eigenvalue weighted by Gasteiger charge is -2.33. The van der Waals surface area contributed by atoms with Crippen molar-refractivity contribution in [2.75, 3.05) is 20.3 Å². The molecule has 0 radical (unpaired) electrons. The fourth-order valence-electron chi connectivity index (χ4n) is 4.22. The lowest BCUT2D eigenvalue weighted by atomic mass is 9.84. The van der Waals surface area contributed by atoms with Gasteiger partial charge in [0.2, 0.25) is 11.8 Å². The molecular weight excluding hydrogens is 328 g/mol. The number of methoxy groups -OCH3 is 1. The highest BCUT2D eigenvalue weighted by atomic mass is 16.5. The van der Waals surface area contributed by atoms with Gasteiger partial charge in [-0.15, -0.1) is 0 Å². The molecule has 1 saturated heterocycles. The number of carbonyl (C=O) groups excluding carboxylic acids is 2. The van der Waals surface area contributed by atoms with Crippen molar-refractivity contribution < 1.29 is 14.3 Å². The molecule has 1 aromatic rings. The molecule has 3 unspecified atom stereocenters. The Morgan fingerprint density at radius 3 is 2.77 bits per heavy atom. The third-order valence-corrected chi connectivity index (χ3v) is 5.47. The second-order valence-corrected chi connectivity index (χ2v) is 7.14. The van der Waals surface area contributed by atoms with Gasteiger partial charge >= 0.3 is 0 Å². The van der Waals surface area contributed by atoms with E-state index in [-0.39, 0.29) is 23.9 Å². The summed E-state index contributed by atoms with van der Waals surface area (Å²) in [6.07, 6.45) is 8.65. The van der Waals surface area contributed by atoms with E-state index in [2.05, 4.69) is 5.32 Å². The van der Waals surface area contributed by atoms with Gasteiger partial charge in [0, 0.05) is 25.8 Å². The number of rotatable bonds is 6. The third kappa shape index (κ3) is 4.33. The molecule has 2 amide bonds. The normalized spacial score (nSPS) is 25.3. The maximum Gasteiger partial charge on any atom is 0.247 e. The first-order valence-corrected chi connectivity index (χ1v) is 9.53. The van der Waals surface area contributed by atoms with E-state index in [1.165, 1.54) is 6.42 Å². The summed E-state index contributed by atoms with van der Waals surface area (Å²) in [6.45, 7) is 0.955. The first-order valence-electron chi connectivity index (χ1n) is 9.53. The van der Waals surface area contributed by atoms with Gasteiger partial charge in [-0.3, -0.25) is 9.59 Å².